The van der Waals surface area contributed by atoms with Gasteiger partial charge in [0.05, 0.1) is 5.97 Å². The van der Waals surface area contributed by atoms with E-state index in [4.69, 9.17) is 5.73 Å². The summed E-state index contributed by atoms with van der Waals surface area (Å²) in [6.07, 6.45) is 0. The Kier molecular flexibility index (Phi) is 2.09. The van der Waals surface area contributed by atoms with Gasteiger partial charge in [-0.1, -0.05) is 18.2 Å². The SMILES string of the molecule is NC(=O)c1ccccc1C(=O)[O-]. The van der Waals surface area contributed by atoms with E-state index in [1.165, 1.54) is 24.3 Å². The normalized spacial score (nSPS) is 9.33. The summed E-state index contributed by atoms with van der Waals surface area (Å²) in [5.74, 6) is -2.17. The minimum absolute atomic E-state index is 0.0301. The Balaban J connectivity index is 3.27. The number of aromatic carboxylic acids is 1. The molecule has 0 aliphatic carbocycles. The number of carboxylic acids is 1. The molecule has 0 fully saturated rings. The molecule has 0 saturated carbocycles. The molecular weight excluding hydrogens is 158 g/mol. The van der Waals surface area contributed by atoms with Crippen molar-refractivity contribution in [1.29, 1.82) is 0 Å². The molecule has 1 aromatic carbocycles. The summed E-state index contributed by atoms with van der Waals surface area (Å²) in [6, 6.07) is 5.65. The number of carboxylic acid groups (broad SMARTS) is 1. The fourth-order valence-electron chi connectivity index (χ4n) is 0.876. The van der Waals surface area contributed by atoms with Crippen molar-refractivity contribution in [2.24, 2.45) is 5.73 Å². The first-order chi connectivity index (χ1) is 5.63. The summed E-state index contributed by atoms with van der Waals surface area (Å²) in [5, 5.41) is 10.4. The van der Waals surface area contributed by atoms with Crippen LogP contribution in [-0.4, -0.2) is 11.9 Å². The second kappa shape index (κ2) is 3.04. The molecule has 0 bridgehead atoms. The molecule has 0 radical (unpaired) electrons. The molecule has 4 heteroatoms. The van der Waals surface area contributed by atoms with E-state index in [1.807, 2.05) is 0 Å². The molecule has 0 heterocycles. The Morgan fingerprint density at radius 3 is 2.00 bits per heavy atom. The molecule has 1 amide bonds. The zero-order valence-corrected chi connectivity index (χ0v) is 6.11. The zero-order chi connectivity index (χ0) is 9.14. The van der Waals surface area contributed by atoms with Gasteiger partial charge >= 0.3 is 0 Å². The Bertz CT molecular complexity index is 300. The number of carbonyl (C=O) groups is 2. The van der Waals surface area contributed by atoms with Gasteiger partial charge in [0, 0.05) is 11.1 Å². The van der Waals surface area contributed by atoms with Crippen LogP contribution in [0.2, 0.25) is 0 Å². The molecule has 0 unspecified atom stereocenters. The van der Waals surface area contributed by atoms with Gasteiger partial charge in [0.2, 0.25) is 5.91 Å². The summed E-state index contributed by atoms with van der Waals surface area (Å²) in [6.45, 7) is 0. The fraction of sp³-hybridized carbons (Fsp3) is 0. The fourth-order valence-corrected chi connectivity index (χ4v) is 0.876. The van der Waals surface area contributed by atoms with Crippen LogP contribution < -0.4 is 10.8 Å². The van der Waals surface area contributed by atoms with Gasteiger partial charge in [-0.05, 0) is 6.07 Å². The summed E-state index contributed by atoms with van der Waals surface area (Å²) in [4.78, 5) is 21.1. The van der Waals surface area contributed by atoms with Crippen LogP contribution in [0.1, 0.15) is 20.7 Å². The van der Waals surface area contributed by atoms with Gasteiger partial charge in [-0.2, -0.15) is 0 Å². The van der Waals surface area contributed by atoms with Crippen LogP contribution in [0.25, 0.3) is 0 Å². The highest BCUT2D eigenvalue weighted by atomic mass is 16.4. The lowest BCUT2D eigenvalue weighted by atomic mass is 10.1. The van der Waals surface area contributed by atoms with Gasteiger partial charge in [0.1, 0.15) is 0 Å². The average Bonchev–Trinajstić information content (AvgIpc) is 2.04. The van der Waals surface area contributed by atoms with Gasteiger partial charge in [-0.25, -0.2) is 0 Å². The molecule has 0 spiro atoms. The van der Waals surface area contributed by atoms with E-state index >= 15 is 0 Å². The molecule has 0 atom stereocenters. The molecule has 0 aliphatic rings. The lowest BCUT2D eigenvalue weighted by Gasteiger charge is -2.05. The van der Waals surface area contributed by atoms with E-state index < -0.39 is 11.9 Å². The van der Waals surface area contributed by atoms with Crippen molar-refractivity contribution in [3.8, 4) is 0 Å². The molecule has 1 aromatic rings. The Labute approximate surface area is 68.6 Å². The number of amides is 1. The number of hydrogen-bond donors (Lipinski definition) is 1. The maximum atomic E-state index is 10.7. The zero-order valence-electron chi connectivity index (χ0n) is 6.11. The highest BCUT2D eigenvalue weighted by molar-refractivity contribution is 6.03. The topological polar surface area (TPSA) is 83.2 Å². The van der Waals surface area contributed by atoms with E-state index in [2.05, 4.69) is 0 Å². The molecule has 62 valence electrons. The highest BCUT2D eigenvalue weighted by Crippen LogP contribution is 2.05. The van der Waals surface area contributed by atoms with Crippen molar-refractivity contribution in [3.05, 3.63) is 35.4 Å². The third-order valence-electron chi connectivity index (χ3n) is 1.41. The summed E-state index contributed by atoms with van der Waals surface area (Å²) in [5.41, 5.74) is 4.72. The quantitative estimate of drug-likeness (QED) is 0.617. The molecular formula is C8H6NO3-. The van der Waals surface area contributed by atoms with Crippen molar-refractivity contribution in [1.82, 2.24) is 0 Å². The van der Waals surface area contributed by atoms with E-state index in [9.17, 15) is 14.7 Å². The molecule has 2 N–H and O–H groups in total. The first kappa shape index (κ1) is 8.26. The summed E-state index contributed by atoms with van der Waals surface area (Å²) >= 11 is 0. The number of rotatable bonds is 2. The van der Waals surface area contributed by atoms with Crippen molar-refractivity contribution >= 4 is 11.9 Å². The number of primary amides is 1. The number of benzene rings is 1. The monoisotopic (exact) mass is 164 g/mol. The second-order valence-electron chi connectivity index (χ2n) is 2.20. The molecule has 0 aromatic heterocycles. The first-order valence-corrected chi connectivity index (χ1v) is 3.23. The van der Waals surface area contributed by atoms with Crippen LogP contribution >= 0.6 is 0 Å². The van der Waals surface area contributed by atoms with Crippen LogP contribution in [0.5, 0.6) is 0 Å². The second-order valence-corrected chi connectivity index (χ2v) is 2.20. The molecule has 4 nitrogen and oxygen atoms in total. The summed E-state index contributed by atoms with van der Waals surface area (Å²) in [7, 11) is 0. The smallest absolute Gasteiger partial charge is 0.249 e. The van der Waals surface area contributed by atoms with Gasteiger partial charge in [-0.15, -0.1) is 0 Å². The van der Waals surface area contributed by atoms with E-state index in [-0.39, 0.29) is 11.1 Å². The van der Waals surface area contributed by atoms with E-state index in [1.54, 1.807) is 0 Å². The van der Waals surface area contributed by atoms with Crippen molar-refractivity contribution < 1.29 is 14.7 Å². The minimum atomic E-state index is -1.40. The van der Waals surface area contributed by atoms with Gasteiger partial charge < -0.3 is 15.6 Å². The van der Waals surface area contributed by atoms with E-state index in [0.29, 0.717) is 0 Å². The predicted molar refractivity (Wildman–Crippen MR) is 39.3 cm³/mol. The Morgan fingerprint density at radius 2 is 1.67 bits per heavy atom. The molecule has 12 heavy (non-hydrogen) atoms. The van der Waals surface area contributed by atoms with Gasteiger partial charge in [0.25, 0.3) is 0 Å². The number of nitrogens with two attached hydrogens (primary N) is 1. The molecule has 0 aliphatic heterocycles. The third-order valence-corrected chi connectivity index (χ3v) is 1.41. The van der Waals surface area contributed by atoms with Crippen molar-refractivity contribution in [2.45, 2.75) is 0 Å². The Hall–Kier alpha value is -1.84. The van der Waals surface area contributed by atoms with Gasteiger partial charge in [0.15, 0.2) is 0 Å². The lowest BCUT2D eigenvalue weighted by Crippen LogP contribution is -2.26. The van der Waals surface area contributed by atoms with Crippen molar-refractivity contribution in [2.75, 3.05) is 0 Å². The van der Waals surface area contributed by atoms with Crippen LogP contribution in [-0.2, 0) is 0 Å². The van der Waals surface area contributed by atoms with Crippen LogP contribution in [0.4, 0.5) is 0 Å². The molecule has 0 saturated heterocycles. The van der Waals surface area contributed by atoms with Crippen molar-refractivity contribution in [3.63, 3.8) is 0 Å². The summed E-state index contributed by atoms with van der Waals surface area (Å²) < 4.78 is 0. The minimum Gasteiger partial charge on any atom is -0.545 e. The van der Waals surface area contributed by atoms with Crippen LogP contribution in [0.3, 0.4) is 0 Å². The van der Waals surface area contributed by atoms with Crippen LogP contribution in [0, 0.1) is 0 Å². The highest BCUT2D eigenvalue weighted by Gasteiger charge is 2.06. The van der Waals surface area contributed by atoms with Crippen LogP contribution in [0.15, 0.2) is 24.3 Å². The first-order valence-electron chi connectivity index (χ1n) is 3.23. The predicted octanol–water partition coefficient (Wildman–Crippen LogP) is -0.851. The standard InChI is InChI=1S/C8H7NO3/c9-7(10)5-3-1-2-4-6(5)8(11)12/h1-4H,(H2,9,10)(H,11,12)/p-1. The maximum absolute atomic E-state index is 10.7. The number of carbonyl (C=O) groups excluding carboxylic acids is 2. The van der Waals surface area contributed by atoms with E-state index in [0.717, 1.165) is 0 Å². The molecule has 1 rings (SSSR count). The average molecular weight is 164 g/mol. The van der Waals surface area contributed by atoms with Gasteiger partial charge in [-0.3, -0.25) is 4.79 Å². The Morgan fingerprint density at radius 1 is 1.17 bits per heavy atom. The maximum Gasteiger partial charge on any atom is 0.249 e. The number of hydrogen-bond acceptors (Lipinski definition) is 3. The largest absolute Gasteiger partial charge is 0.545 e. The lowest BCUT2D eigenvalue weighted by molar-refractivity contribution is -0.255. The third kappa shape index (κ3) is 1.42.